The summed E-state index contributed by atoms with van der Waals surface area (Å²) in [5, 5.41) is 0.967. The standard InChI is InChI=1S/C24H15Br2Cl2NO3S/c25-19-9-16(10-20(26)22(19)32-13-15-3-7-18(28)8-4-15)11-21-23(30)29(24(31)33-21)12-14-1-5-17(27)6-2-14/h1-11H,12-13H2/b21-11-. The number of ether oxygens (including phenoxy) is 1. The van der Waals surface area contributed by atoms with Crippen molar-refractivity contribution in [2.75, 3.05) is 0 Å². The summed E-state index contributed by atoms with van der Waals surface area (Å²) in [4.78, 5) is 26.9. The first-order chi connectivity index (χ1) is 15.8. The quantitative estimate of drug-likeness (QED) is 0.258. The first-order valence-corrected chi connectivity index (χ1v) is 12.8. The molecule has 0 radical (unpaired) electrons. The molecule has 0 spiro atoms. The Morgan fingerprint density at radius 1 is 0.879 bits per heavy atom. The first-order valence-electron chi connectivity index (χ1n) is 9.66. The molecule has 1 saturated heterocycles. The van der Waals surface area contributed by atoms with Crippen LogP contribution >= 0.6 is 66.8 Å². The molecule has 0 N–H and O–H groups in total. The maximum atomic E-state index is 12.8. The molecule has 1 fully saturated rings. The van der Waals surface area contributed by atoms with Crippen molar-refractivity contribution in [3.8, 4) is 5.75 Å². The lowest BCUT2D eigenvalue weighted by atomic mass is 10.2. The van der Waals surface area contributed by atoms with Crippen molar-refractivity contribution in [3.63, 3.8) is 0 Å². The average Bonchev–Trinajstić information content (AvgIpc) is 3.03. The Morgan fingerprint density at radius 3 is 2.00 bits per heavy atom. The minimum atomic E-state index is -0.324. The van der Waals surface area contributed by atoms with E-state index in [0.717, 1.165) is 37.4 Å². The third-order valence-corrected chi connectivity index (χ3v) is 7.33. The van der Waals surface area contributed by atoms with Crippen LogP contribution in [-0.2, 0) is 17.9 Å². The highest BCUT2D eigenvalue weighted by molar-refractivity contribution is 9.11. The highest BCUT2D eigenvalue weighted by Crippen LogP contribution is 2.38. The van der Waals surface area contributed by atoms with Crippen LogP contribution in [0.3, 0.4) is 0 Å². The third kappa shape index (κ3) is 6.03. The molecular formula is C24H15Br2Cl2NO3S. The van der Waals surface area contributed by atoms with Gasteiger partial charge in [0.25, 0.3) is 11.1 Å². The molecule has 0 unspecified atom stereocenters. The molecule has 9 heteroatoms. The van der Waals surface area contributed by atoms with Gasteiger partial charge in [-0.15, -0.1) is 0 Å². The normalized spacial score (nSPS) is 14.9. The van der Waals surface area contributed by atoms with Crippen LogP contribution in [0.4, 0.5) is 4.79 Å². The van der Waals surface area contributed by atoms with Crippen molar-refractivity contribution >= 4 is 84.0 Å². The molecule has 1 aliphatic heterocycles. The number of hydrogen-bond donors (Lipinski definition) is 0. The largest absolute Gasteiger partial charge is 0.487 e. The number of halogens is 4. The van der Waals surface area contributed by atoms with Gasteiger partial charge in [0, 0.05) is 10.0 Å². The fraction of sp³-hybridized carbons (Fsp3) is 0.0833. The Morgan fingerprint density at radius 2 is 1.42 bits per heavy atom. The first kappa shape index (κ1) is 24.4. The average molecular weight is 628 g/mol. The predicted octanol–water partition coefficient (Wildman–Crippen LogP) is 8.33. The summed E-state index contributed by atoms with van der Waals surface area (Å²) in [6.07, 6.45) is 1.70. The summed E-state index contributed by atoms with van der Waals surface area (Å²) in [7, 11) is 0. The summed E-state index contributed by atoms with van der Waals surface area (Å²) in [5.41, 5.74) is 2.57. The lowest BCUT2D eigenvalue weighted by Gasteiger charge is -2.13. The molecule has 168 valence electrons. The second kappa shape index (κ2) is 10.7. The molecule has 0 aromatic heterocycles. The van der Waals surface area contributed by atoms with Crippen molar-refractivity contribution in [1.82, 2.24) is 4.90 Å². The lowest BCUT2D eigenvalue weighted by molar-refractivity contribution is -0.123. The van der Waals surface area contributed by atoms with E-state index in [2.05, 4.69) is 31.9 Å². The van der Waals surface area contributed by atoms with Gasteiger partial charge in [0.05, 0.1) is 20.4 Å². The number of carbonyl (C=O) groups excluding carboxylic acids is 2. The van der Waals surface area contributed by atoms with Gasteiger partial charge >= 0.3 is 0 Å². The number of thioether (sulfide) groups is 1. The molecule has 4 nitrogen and oxygen atoms in total. The van der Waals surface area contributed by atoms with Crippen LogP contribution < -0.4 is 4.74 Å². The van der Waals surface area contributed by atoms with Crippen molar-refractivity contribution in [1.29, 1.82) is 0 Å². The number of nitrogens with zero attached hydrogens (tertiary/aromatic N) is 1. The smallest absolute Gasteiger partial charge is 0.293 e. The van der Waals surface area contributed by atoms with Gasteiger partial charge in [0.15, 0.2) is 0 Å². The molecule has 4 rings (SSSR count). The van der Waals surface area contributed by atoms with Crippen molar-refractivity contribution < 1.29 is 14.3 Å². The van der Waals surface area contributed by atoms with Gasteiger partial charge in [-0.05, 0) is 103 Å². The number of hydrogen-bond acceptors (Lipinski definition) is 4. The van der Waals surface area contributed by atoms with Gasteiger partial charge in [-0.3, -0.25) is 14.5 Å². The minimum Gasteiger partial charge on any atom is -0.487 e. The fourth-order valence-electron chi connectivity index (χ4n) is 3.10. The highest BCUT2D eigenvalue weighted by atomic mass is 79.9. The zero-order valence-electron chi connectivity index (χ0n) is 16.9. The van der Waals surface area contributed by atoms with Crippen molar-refractivity contribution in [2.24, 2.45) is 0 Å². The van der Waals surface area contributed by atoms with E-state index in [-0.39, 0.29) is 17.7 Å². The summed E-state index contributed by atoms with van der Waals surface area (Å²) in [6.45, 7) is 0.571. The Hall–Kier alpha value is -1.77. The molecule has 1 aliphatic rings. The van der Waals surface area contributed by atoms with Crippen molar-refractivity contribution in [3.05, 3.63) is 101 Å². The second-order valence-corrected chi connectivity index (χ2v) is 10.7. The van der Waals surface area contributed by atoms with E-state index < -0.39 is 0 Å². The second-order valence-electron chi connectivity index (χ2n) is 7.12. The van der Waals surface area contributed by atoms with E-state index in [4.69, 9.17) is 27.9 Å². The van der Waals surface area contributed by atoms with Gasteiger partial charge in [-0.1, -0.05) is 47.5 Å². The van der Waals surface area contributed by atoms with E-state index >= 15 is 0 Å². The maximum absolute atomic E-state index is 12.8. The fourth-order valence-corrected chi connectivity index (χ4v) is 5.64. The van der Waals surface area contributed by atoms with Gasteiger partial charge in [-0.2, -0.15) is 0 Å². The van der Waals surface area contributed by atoms with Crippen molar-refractivity contribution in [2.45, 2.75) is 13.2 Å². The monoisotopic (exact) mass is 625 g/mol. The maximum Gasteiger partial charge on any atom is 0.293 e. The van der Waals surface area contributed by atoms with Crippen LogP contribution in [0.15, 0.2) is 74.5 Å². The molecule has 2 amide bonds. The zero-order valence-corrected chi connectivity index (χ0v) is 22.4. The summed E-state index contributed by atoms with van der Waals surface area (Å²) < 4.78 is 7.39. The van der Waals surface area contributed by atoms with Crippen LogP contribution in [0, 0.1) is 0 Å². The number of amides is 2. The third-order valence-electron chi connectivity index (χ3n) is 4.74. The Labute approximate surface area is 222 Å². The molecule has 3 aromatic rings. The zero-order chi connectivity index (χ0) is 23.5. The topological polar surface area (TPSA) is 46.6 Å². The van der Waals surface area contributed by atoms with E-state index in [1.54, 1.807) is 30.3 Å². The van der Waals surface area contributed by atoms with E-state index in [0.29, 0.717) is 27.3 Å². The van der Waals surface area contributed by atoms with Gasteiger partial charge in [0.2, 0.25) is 0 Å². The number of rotatable bonds is 6. The molecule has 0 saturated carbocycles. The summed E-state index contributed by atoms with van der Waals surface area (Å²) in [5.74, 6) is 0.313. The Bertz CT molecular complexity index is 1220. The van der Waals surface area contributed by atoms with Crippen LogP contribution in [0.5, 0.6) is 5.75 Å². The lowest BCUT2D eigenvalue weighted by Crippen LogP contribution is -2.27. The van der Waals surface area contributed by atoms with E-state index in [9.17, 15) is 9.59 Å². The van der Waals surface area contributed by atoms with E-state index in [1.807, 2.05) is 36.4 Å². The number of imide groups is 1. The van der Waals surface area contributed by atoms with Gasteiger partial charge in [0.1, 0.15) is 12.4 Å². The molecule has 0 aliphatic carbocycles. The molecule has 1 heterocycles. The highest BCUT2D eigenvalue weighted by Gasteiger charge is 2.35. The van der Waals surface area contributed by atoms with Crippen LogP contribution in [-0.4, -0.2) is 16.0 Å². The molecule has 0 atom stereocenters. The summed E-state index contributed by atoms with van der Waals surface area (Å²) >= 11 is 19.8. The minimum absolute atomic E-state index is 0.198. The molecule has 0 bridgehead atoms. The van der Waals surface area contributed by atoms with Crippen LogP contribution in [0.2, 0.25) is 10.0 Å². The predicted molar refractivity (Wildman–Crippen MR) is 141 cm³/mol. The number of benzene rings is 3. The molecule has 3 aromatic carbocycles. The van der Waals surface area contributed by atoms with E-state index in [1.165, 1.54) is 4.90 Å². The molecular weight excluding hydrogens is 613 g/mol. The summed E-state index contributed by atoms with van der Waals surface area (Å²) in [6, 6.07) is 18.2. The Balaban J connectivity index is 1.49. The van der Waals surface area contributed by atoms with Crippen LogP contribution in [0.25, 0.3) is 6.08 Å². The number of carbonyl (C=O) groups is 2. The molecule has 33 heavy (non-hydrogen) atoms. The van der Waals surface area contributed by atoms with Gasteiger partial charge in [-0.25, -0.2) is 0 Å². The van der Waals surface area contributed by atoms with Gasteiger partial charge < -0.3 is 4.74 Å². The Kier molecular flexibility index (Phi) is 7.87. The van der Waals surface area contributed by atoms with Crippen LogP contribution in [0.1, 0.15) is 16.7 Å². The SMILES string of the molecule is O=C1S/C(=C\c2cc(Br)c(OCc3ccc(Cl)cc3)c(Br)c2)C(=O)N1Cc1ccc(Cl)cc1.